The van der Waals surface area contributed by atoms with Crippen molar-refractivity contribution in [2.75, 3.05) is 25.5 Å². The molecule has 1 aliphatic heterocycles. The van der Waals surface area contributed by atoms with E-state index in [0.717, 1.165) is 11.3 Å². The van der Waals surface area contributed by atoms with Crippen LogP contribution in [0, 0.1) is 12.8 Å². The highest BCUT2D eigenvalue weighted by molar-refractivity contribution is 5.53. The predicted octanol–water partition coefficient (Wildman–Crippen LogP) is 2.84. The van der Waals surface area contributed by atoms with Gasteiger partial charge in [0.25, 0.3) is 0 Å². The highest BCUT2D eigenvalue weighted by Crippen LogP contribution is 2.25. The number of piperidine rings is 1. The van der Waals surface area contributed by atoms with Crippen LogP contribution in [0.5, 0.6) is 5.75 Å². The van der Waals surface area contributed by atoms with Crippen molar-refractivity contribution in [3.63, 3.8) is 0 Å². The minimum Gasteiger partial charge on any atom is -0.508 e. The topological polar surface area (TPSA) is 35.5 Å². The molecule has 0 bridgehead atoms. The van der Waals surface area contributed by atoms with Crippen LogP contribution in [0.15, 0.2) is 18.2 Å². The number of phenolic OH excluding ortho intramolecular Hbond substituents is 1. The second-order valence-electron chi connectivity index (χ2n) is 5.60. The number of aromatic hydroxyl groups is 1. The van der Waals surface area contributed by atoms with Crippen molar-refractivity contribution in [2.45, 2.75) is 32.7 Å². The van der Waals surface area contributed by atoms with Crippen LogP contribution in [0.3, 0.4) is 0 Å². The molecule has 100 valence electrons. The standard InChI is InChI=1S/C15H24N2O/c1-11-9-14(18)6-7-15(11)16-12(2)13-5-4-8-17(3)10-13/h6-7,9,12-13,16,18H,4-5,8,10H2,1-3H3. The summed E-state index contributed by atoms with van der Waals surface area (Å²) in [5.41, 5.74) is 2.24. The van der Waals surface area contributed by atoms with Crippen LogP contribution in [0.2, 0.25) is 0 Å². The molecule has 3 nitrogen and oxygen atoms in total. The first-order valence-electron chi connectivity index (χ1n) is 6.81. The average molecular weight is 248 g/mol. The fourth-order valence-corrected chi connectivity index (χ4v) is 2.79. The molecular weight excluding hydrogens is 224 g/mol. The second kappa shape index (κ2) is 5.61. The summed E-state index contributed by atoms with van der Waals surface area (Å²) in [5.74, 6) is 1.04. The maximum absolute atomic E-state index is 9.42. The summed E-state index contributed by atoms with van der Waals surface area (Å²) in [7, 11) is 2.20. The highest BCUT2D eigenvalue weighted by atomic mass is 16.3. The first-order valence-corrected chi connectivity index (χ1v) is 6.81. The Morgan fingerprint density at radius 3 is 2.89 bits per heavy atom. The number of aryl methyl sites for hydroxylation is 1. The number of phenols is 1. The van der Waals surface area contributed by atoms with Gasteiger partial charge in [0, 0.05) is 18.3 Å². The van der Waals surface area contributed by atoms with Gasteiger partial charge in [-0.2, -0.15) is 0 Å². The summed E-state index contributed by atoms with van der Waals surface area (Å²) in [6, 6.07) is 5.99. The maximum Gasteiger partial charge on any atom is 0.115 e. The number of benzene rings is 1. The Bertz CT molecular complexity index is 405. The van der Waals surface area contributed by atoms with Crippen LogP contribution in [-0.2, 0) is 0 Å². The number of nitrogens with zero attached hydrogens (tertiary/aromatic N) is 1. The molecule has 0 spiro atoms. The van der Waals surface area contributed by atoms with Crippen LogP contribution in [0.4, 0.5) is 5.69 Å². The molecule has 2 N–H and O–H groups in total. The number of likely N-dealkylation sites (tertiary alicyclic amines) is 1. The molecule has 1 heterocycles. The van der Waals surface area contributed by atoms with E-state index >= 15 is 0 Å². The zero-order valence-electron chi connectivity index (χ0n) is 11.6. The maximum atomic E-state index is 9.42. The molecule has 3 heteroatoms. The van der Waals surface area contributed by atoms with Gasteiger partial charge in [-0.25, -0.2) is 0 Å². The molecule has 0 aliphatic carbocycles. The molecule has 0 radical (unpaired) electrons. The Morgan fingerprint density at radius 1 is 1.44 bits per heavy atom. The van der Waals surface area contributed by atoms with E-state index in [4.69, 9.17) is 0 Å². The van der Waals surface area contributed by atoms with Crippen molar-refractivity contribution in [2.24, 2.45) is 5.92 Å². The highest BCUT2D eigenvalue weighted by Gasteiger charge is 2.22. The zero-order valence-corrected chi connectivity index (χ0v) is 11.6. The smallest absolute Gasteiger partial charge is 0.115 e. The third kappa shape index (κ3) is 3.16. The van der Waals surface area contributed by atoms with Gasteiger partial charge >= 0.3 is 0 Å². The van der Waals surface area contributed by atoms with Gasteiger partial charge in [-0.05, 0) is 70.0 Å². The van der Waals surface area contributed by atoms with E-state index in [1.54, 1.807) is 6.07 Å². The average Bonchev–Trinajstić information content (AvgIpc) is 2.32. The van der Waals surface area contributed by atoms with Crippen molar-refractivity contribution < 1.29 is 5.11 Å². The van der Waals surface area contributed by atoms with Crippen LogP contribution in [0.1, 0.15) is 25.3 Å². The third-order valence-electron chi connectivity index (χ3n) is 3.96. The Kier molecular flexibility index (Phi) is 4.12. The van der Waals surface area contributed by atoms with E-state index < -0.39 is 0 Å². The van der Waals surface area contributed by atoms with Crippen molar-refractivity contribution in [1.29, 1.82) is 0 Å². The lowest BCUT2D eigenvalue weighted by Crippen LogP contribution is -2.39. The molecule has 0 saturated carbocycles. The Hall–Kier alpha value is -1.22. The van der Waals surface area contributed by atoms with Crippen LogP contribution >= 0.6 is 0 Å². The summed E-state index contributed by atoms with van der Waals surface area (Å²) in [6.07, 6.45) is 2.59. The molecule has 2 atom stereocenters. The number of hydrogen-bond acceptors (Lipinski definition) is 3. The summed E-state index contributed by atoms with van der Waals surface area (Å²) < 4.78 is 0. The molecule has 1 saturated heterocycles. The molecule has 2 rings (SSSR count). The lowest BCUT2D eigenvalue weighted by molar-refractivity contribution is 0.197. The molecule has 0 aromatic heterocycles. The van der Waals surface area contributed by atoms with Gasteiger partial charge in [-0.15, -0.1) is 0 Å². The van der Waals surface area contributed by atoms with Crippen LogP contribution < -0.4 is 5.32 Å². The fourth-order valence-electron chi connectivity index (χ4n) is 2.79. The Labute approximate surface area is 110 Å². The minimum atomic E-state index is 0.336. The Morgan fingerprint density at radius 2 is 2.22 bits per heavy atom. The summed E-state index contributed by atoms with van der Waals surface area (Å²) in [5, 5.41) is 13.0. The van der Waals surface area contributed by atoms with E-state index in [2.05, 4.69) is 24.2 Å². The van der Waals surface area contributed by atoms with Crippen molar-refractivity contribution in [3.05, 3.63) is 23.8 Å². The van der Waals surface area contributed by atoms with E-state index in [-0.39, 0.29) is 0 Å². The predicted molar refractivity (Wildman–Crippen MR) is 76.1 cm³/mol. The quantitative estimate of drug-likeness (QED) is 0.807. The van der Waals surface area contributed by atoms with Gasteiger partial charge in [0.2, 0.25) is 0 Å². The monoisotopic (exact) mass is 248 g/mol. The van der Waals surface area contributed by atoms with Gasteiger partial charge in [0.1, 0.15) is 5.75 Å². The molecule has 1 fully saturated rings. The van der Waals surface area contributed by atoms with Crippen LogP contribution in [-0.4, -0.2) is 36.2 Å². The summed E-state index contributed by atoms with van der Waals surface area (Å²) >= 11 is 0. The number of nitrogens with one attached hydrogen (secondary N) is 1. The zero-order chi connectivity index (χ0) is 13.1. The van der Waals surface area contributed by atoms with Crippen molar-refractivity contribution in [1.82, 2.24) is 4.90 Å². The molecular formula is C15H24N2O. The lowest BCUT2D eigenvalue weighted by atomic mass is 9.91. The minimum absolute atomic E-state index is 0.336. The van der Waals surface area contributed by atoms with E-state index in [1.165, 1.54) is 25.9 Å². The summed E-state index contributed by atoms with van der Waals surface area (Å²) in [4.78, 5) is 2.41. The van der Waals surface area contributed by atoms with Crippen molar-refractivity contribution >= 4 is 5.69 Å². The van der Waals surface area contributed by atoms with E-state index in [9.17, 15) is 5.11 Å². The first-order chi connectivity index (χ1) is 8.56. The van der Waals surface area contributed by atoms with Gasteiger partial charge < -0.3 is 15.3 Å². The van der Waals surface area contributed by atoms with Gasteiger partial charge in [-0.3, -0.25) is 0 Å². The number of anilines is 1. The second-order valence-corrected chi connectivity index (χ2v) is 5.60. The normalized spacial score (nSPS) is 22.7. The molecule has 2 unspecified atom stereocenters. The molecule has 18 heavy (non-hydrogen) atoms. The van der Waals surface area contributed by atoms with Gasteiger partial charge in [-0.1, -0.05) is 0 Å². The van der Waals surface area contributed by atoms with E-state index in [1.807, 2.05) is 19.1 Å². The molecule has 0 amide bonds. The van der Waals surface area contributed by atoms with E-state index in [0.29, 0.717) is 17.7 Å². The Balaban J connectivity index is 1.99. The molecule has 1 aromatic rings. The van der Waals surface area contributed by atoms with Crippen LogP contribution in [0.25, 0.3) is 0 Å². The number of hydrogen-bond donors (Lipinski definition) is 2. The van der Waals surface area contributed by atoms with Crippen molar-refractivity contribution in [3.8, 4) is 5.75 Å². The summed E-state index contributed by atoms with van der Waals surface area (Å²) in [6.45, 7) is 6.69. The lowest BCUT2D eigenvalue weighted by Gasteiger charge is -2.34. The third-order valence-corrected chi connectivity index (χ3v) is 3.96. The molecule has 1 aliphatic rings. The first kappa shape index (κ1) is 13.2. The van der Waals surface area contributed by atoms with Gasteiger partial charge in [0.05, 0.1) is 0 Å². The SMILES string of the molecule is Cc1cc(O)ccc1NC(C)C1CCCN(C)C1. The molecule has 1 aromatic carbocycles. The fraction of sp³-hybridized carbons (Fsp3) is 0.600. The number of rotatable bonds is 3. The van der Waals surface area contributed by atoms with Gasteiger partial charge in [0.15, 0.2) is 0 Å². The largest absolute Gasteiger partial charge is 0.508 e.